The van der Waals surface area contributed by atoms with Crippen molar-refractivity contribution >= 4 is 45.6 Å². The molecule has 2 fully saturated rings. The summed E-state index contributed by atoms with van der Waals surface area (Å²) < 4.78 is 0.986. The fraction of sp³-hybridized carbons (Fsp3) is 0.448. The van der Waals surface area contributed by atoms with Gasteiger partial charge in [0, 0.05) is 41.4 Å². The van der Waals surface area contributed by atoms with Gasteiger partial charge in [0.25, 0.3) is 5.91 Å². The third-order valence-electron chi connectivity index (χ3n) is 6.96. The van der Waals surface area contributed by atoms with Crippen molar-refractivity contribution in [2.24, 2.45) is 0 Å². The predicted molar refractivity (Wildman–Crippen MR) is 152 cm³/mol. The lowest BCUT2D eigenvalue weighted by Crippen LogP contribution is -2.54. The van der Waals surface area contributed by atoms with Crippen LogP contribution in [-0.2, 0) is 16.1 Å². The average molecular weight is 571 g/mol. The highest BCUT2D eigenvalue weighted by atomic mass is 79.9. The molecule has 2 unspecified atom stereocenters. The maximum absolute atomic E-state index is 13.5. The summed E-state index contributed by atoms with van der Waals surface area (Å²) >= 11 is 5.21. The molecular weight excluding hydrogens is 534 g/mol. The predicted octanol–water partition coefficient (Wildman–Crippen LogP) is 5.70. The van der Waals surface area contributed by atoms with E-state index in [9.17, 15) is 9.59 Å². The quantitative estimate of drug-likeness (QED) is 0.393. The monoisotopic (exact) mass is 569 g/mol. The molecule has 1 heterocycles. The minimum Gasteiger partial charge on any atom is -0.353 e. The molecule has 1 N–H and O–H groups in total. The number of nitrogens with one attached hydrogen (secondary N) is 1. The molecule has 5 nitrogen and oxygen atoms in total. The number of amides is 2. The number of hydrogen-bond donors (Lipinski definition) is 1. The number of carbonyl (C=O) groups is 2. The molecule has 2 atom stereocenters. The van der Waals surface area contributed by atoms with Crippen molar-refractivity contribution in [2.45, 2.75) is 63.4 Å². The van der Waals surface area contributed by atoms with E-state index in [4.69, 9.17) is 0 Å². The van der Waals surface area contributed by atoms with Gasteiger partial charge in [0.1, 0.15) is 6.54 Å². The summed E-state index contributed by atoms with van der Waals surface area (Å²) in [6, 6.07) is 18.9. The van der Waals surface area contributed by atoms with Crippen molar-refractivity contribution in [1.82, 2.24) is 15.1 Å². The highest BCUT2D eigenvalue weighted by Gasteiger charge is 2.41. The second-order valence-corrected chi connectivity index (χ2v) is 12.1. The van der Waals surface area contributed by atoms with Crippen molar-refractivity contribution in [1.29, 1.82) is 0 Å². The first-order valence-corrected chi connectivity index (χ1v) is 14.6. The van der Waals surface area contributed by atoms with Gasteiger partial charge in [-0.25, -0.2) is 0 Å². The van der Waals surface area contributed by atoms with Crippen LogP contribution in [-0.4, -0.2) is 58.6 Å². The van der Waals surface area contributed by atoms with Crippen LogP contribution in [0.3, 0.4) is 0 Å². The number of benzene rings is 2. The summed E-state index contributed by atoms with van der Waals surface area (Å²) in [6.07, 6.45) is 6.32. The summed E-state index contributed by atoms with van der Waals surface area (Å²) in [7, 11) is 0. The van der Waals surface area contributed by atoms with Crippen LogP contribution in [0.15, 0.2) is 64.0 Å². The SMILES string of the molecule is CC(C)N(CCNC(=O)CN1C(=O)/C(=C\c2cccc(Br)c2)SC2CCCCC21)Cc1ccccc1. The van der Waals surface area contributed by atoms with Gasteiger partial charge in [-0.05, 0) is 56.0 Å². The normalized spacial score (nSPS) is 21.2. The van der Waals surface area contributed by atoms with E-state index in [2.05, 4.69) is 64.3 Å². The Morgan fingerprint density at radius 2 is 1.94 bits per heavy atom. The average Bonchev–Trinajstić information content (AvgIpc) is 2.86. The number of halogens is 1. The Hall–Kier alpha value is -2.09. The summed E-state index contributed by atoms with van der Waals surface area (Å²) in [6.45, 7) is 6.66. The van der Waals surface area contributed by atoms with Crippen molar-refractivity contribution in [2.75, 3.05) is 19.6 Å². The summed E-state index contributed by atoms with van der Waals surface area (Å²) in [5, 5.41) is 3.43. The standard InChI is InChI=1S/C29H36BrN3O2S/c1-21(2)32(19-22-9-4-3-5-10-22)16-15-31-28(34)20-33-25-13-6-7-14-26(25)36-27(29(33)35)18-23-11-8-12-24(30)17-23/h3-5,8-12,17-18,21,25-26H,6-7,13-16,19-20H2,1-2H3,(H,31,34)/b27-18+. The molecule has 0 spiro atoms. The van der Waals surface area contributed by atoms with Crippen LogP contribution in [0.1, 0.15) is 50.7 Å². The molecule has 2 aliphatic rings. The summed E-state index contributed by atoms with van der Waals surface area (Å²) in [5.41, 5.74) is 2.26. The second kappa shape index (κ2) is 12.9. The van der Waals surface area contributed by atoms with Crippen molar-refractivity contribution in [3.05, 3.63) is 75.1 Å². The van der Waals surface area contributed by atoms with Gasteiger partial charge >= 0.3 is 0 Å². The molecule has 2 aromatic rings. The lowest BCUT2D eigenvalue weighted by atomic mass is 9.93. The fourth-order valence-electron chi connectivity index (χ4n) is 5.00. The van der Waals surface area contributed by atoms with Crippen LogP contribution >= 0.6 is 27.7 Å². The molecule has 1 aliphatic carbocycles. The molecule has 0 radical (unpaired) electrons. The highest BCUT2D eigenvalue weighted by molar-refractivity contribution is 9.10. The van der Waals surface area contributed by atoms with Gasteiger partial charge < -0.3 is 10.2 Å². The van der Waals surface area contributed by atoms with Crippen LogP contribution in [0.2, 0.25) is 0 Å². The lowest BCUT2D eigenvalue weighted by molar-refractivity contribution is -0.135. The van der Waals surface area contributed by atoms with E-state index >= 15 is 0 Å². The zero-order chi connectivity index (χ0) is 25.5. The fourth-order valence-corrected chi connectivity index (χ4v) is 6.89. The Kier molecular flexibility index (Phi) is 9.68. The van der Waals surface area contributed by atoms with Crippen LogP contribution < -0.4 is 5.32 Å². The maximum atomic E-state index is 13.5. The summed E-state index contributed by atoms with van der Waals surface area (Å²) in [5.74, 6) is -0.101. The first-order valence-electron chi connectivity index (χ1n) is 12.9. The van der Waals surface area contributed by atoms with Crippen molar-refractivity contribution < 1.29 is 9.59 Å². The molecule has 1 saturated heterocycles. The molecule has 1 saturated carbocycles. The van der Waals surface area contributed by atoms with Crippen LogP contribution in [0.4, 0.5) is 0 Å². The van der Waals surface area contributed by atoms with E-state index in [0.717, 1.165) is 47.3 Å². The minimum atomic E-state index is -0.0789. The molecular formula is C29H36BrN3O2S. The number of nitrogens with zero attached hydrogens (tertiary/aromatic N) is 2. The molecule has 7 heteroatoms. The number of carbonyl (C=O) groups excluding carboxylic acids is 2. The van der Waals surface area contributed by atoms with E-state index in [-0.39, 0.29) is 24.4 Å². The van der Waals surface area contributed by atoms with Gasteiger partial charge in [-0.15, -0.1) is 11.8 Å². The Balaban J connectivity index is 1.38. The van der Waals surface area contributed by atoms with Gasteiger partial charge in [-0.3, -0.25) is 14.5 Å². The van der Waals surface area contributed by atoms with E-state index in [1.54, 1.807) is 11.8 Å². The van der Waals surface area contributed by atoms with Crippen LogP contribution in [0, 0.1) is 0 Å². The van der Waals surface area contributed by atoms with E-state index in [1.807, 2.05) is 41.3 Å². The van der Waals surface area contributed by atoms with Crippen LogP contribution in [0.5, 0.6) is 0 Å². The highest BCUT2D eigenvalue weighted by Crippen LogP contribution is 2.42. The molecule has 2 amide bonds. The molecule has 192 valence electrons. The zero-order valence-electron chi connectivity index (χ0n) is 21.2. The van der Waals surface area contributed by atoms with Gasteiger partial charge in [0.2, 0.25) is 5.91 Å². The third kappa shape index (κ3) is 7.24. The maximum Gasteiger partial charge on any atom is 0.261 e. The van der Waals surface area contributed by atoms with Gasteiger partial charge in [-0.1, -0.05) is 71.2 Å². The first-order chi connectivity index (χ1) is 17.4. The molecule has 4 rings (SSSR count). The smallest absolute Gasteiger partial charge is 0.261 e. The van der Waals surface area contributed by atoms with Gasteiger partial charge in [0.15, 0.2) is 0 Å². The zero-order valence-corrected chi connectivity index (χ0v) is 23.6. The molecule has 1 aliphatic heterocycles. The summed E-state index contributed by atoms with van der Waals surface area (Å²) in [4.78, 5) is 31.4. The number of hydrogen-bond acceptors (Lipinski definition) is 4. The Morgan fingerprint density at radius 3 is 2.69 bits per heavy atom. The number of rotatable bonds is 9. The van der Waals surface area contributed by atoms with Crippen molar-refractivity contribution in [3.63, 3.8) is 0 Å². The van der Waals surface area contributed by atoms with Gasteiger partial charge in [0.05, 0.1) is 4.91 Å². The van der Waals surface area contributed by atoms with Crippen molar-refractivity contribution in [3.8, 4) is 0 Å². The Labute approximate surface area is 227 Å². The second-order valence-electron chi connectivity index (χ2n) is 9.90. The Bertz CT molecular complexity index is 1080. The van der Waals surface area contributed by atoms with E-state index in [1.165, 1.54) is 12.0 Å². The van der Waals surface area contributed by atoms with Gasteiger partial charge in [-0.2, -0.15) is 0 Å². The van der Waals surface area contributed by atoms with Crippen LogP contribution in [0.25, 0.3) is 6.08 Å². The lowest BCUT2D eigenvalue weighted by Gasteiger charge is -2.43. The topological polar surface area (TPSA) is 52.7 Å². The minimum absolute atomic E-state index is 0.0221. The van der Waals surface area contributed by atoms with E-state index in [0.29, 0.717) is 17.8 Å². The third-order valence-corrected chi connectivity index (χ3v) is 8.85. The molecule has 2 aromatic carbocycles. The number of thioether (sulfide) groups is 1. The Morgan fingerprint density at radius 1 is 1.17 bits per heavy atom. The van der Waals surface area contributed by atoms with E-state index < -0.39 is 0 Å². The molecule has 0 bridgehead atoms. The number of fused-ring (bicyclic) bond motifs is 1. The largest absolute Gasteiger partial charge is 0.353 e. The molecule has 36 heavy (non-hydrogen) atoms. The first kappa shape index (κ1) is 27.0. The molecule has 0 aromatic heterocycles.